The molecule has 34 heavy (non-hydrogen) atoms. The third-order valence-electron chi connectivity index (χ3n) is 7.30. The minimum Gasteiger partial charge on any atom is -0.444 e. The Labute approximate surface area is 196 Å². The Balaban J connectivity index is 1.52. The molecular formula is C23H31F3N4O4. The first-order valence-corrected chi connectivity index (χ1v) is 11.5. The number of hydrogen-bond donors (Lipinski definition) is 2. The molecule has 2 saturated heterocycles. The number of fused-ring (bicyclic) bond motifs is 1. The van der Waals surface area contributed by atoms with Gasteiger partial charge in [-0.15, -0.1) is 0 Å². The SMILES string of the molecule is CC(C)(C)OC(=O)N[C@@H]1CC[C@@]2(C1)C(=O)N1CCN(c3cc(C(F)(F)F)ccn3)CC1C2(C)O. The van der Waals surface area contributed by atoms with Crippen LogP contribution in [0.2, 0.25) is 0 Å². The second-order valence-electron chi connectivity index (χ2n) is 10.7. The number of carbonyl (C=O) groups excluding carboxylic acids is 2. The van der Waals surface area contributed by atoms with Gasteiger partial charge in [-0.1, -0.05) is 0 Å². The van der Waals surface area contributed by atoms with Crippen molar-refractivity contribution in [2.75, 3.05) is 24.5 Å². The number of ether oxygens (including phenoxy) is 1. The van der Waals surface area contributed by atoms with Gasteiger partial charge in [0.05, 0.1) is 22.6 Å². The molecule has 11 heteroatoms. The van der Waals surface area contributed by atoms with Gasteiger partial charge in [-0.05, 0) is 59.1 Å². The van der Waals surface area contributed by atoms with E-state index in [2.05, 4.69) is 10.3 Å². The molecule has 4 atom stereocenters. The summed E-state index contributed by atoms with van der Waals surface area (Å²) in [6.07, 6.45) is -2.76. The molecule has 1 aliphatic carbocycles. The topological polar surface area (TPSA) is 95.0 Å². The summed E-state index contributed by atoms with van der Waals surface area (Å²) in [5, 5.41) is 14.5. The average Bonchev–Trinajstić information content (AvgIpc) is 3.21. The molecule has 1 aromatic heterocycles. The number of hydrogen-bond acceptors (Lipinski definition) is 6. The molecule has 3 heterocycles. The standard InChI is InChI=1S/C23H31F3N4O4/c1-20(2,3)34-19(32)28-15-5-7-22(12-15)18(31)30-10-9-29(13-16(30)21(22,4)33)17-11-14(6-8-27-17)23(24,25)26/h6,8,11,15-16,33H,5,7,9-10,12-13H2,1-4H3,(H,28,32)/t15-,16?,21?,22-/m1/s1. The quantitative estimate of drug-likeness (QED) is 0.671. The number of alkyl carbamates (subject to hydrolysis) is 1. The van der Waals surface area contributed by atoms with Crippen LogP contribution in [0.4, 0.5) is 23.8 Å². The maximum absolute atomic E-state index is 13.5. The minimum atomic E-state index is -4.49. The van der Waals surface area contributed by atoms with Crippen molar-refractivity contribution in [3.63, 3.8) is 0 Å². The molecule has 188 valence electrons. The predicted octanol–water partition coefficient (Wildman–Crippen LogP) is 2.95. The van der Waals surface area contributed by atoms with Crippen LogP contribution in [0.1, 0.15) is 52.5 Å². The lowest BCUT2D eigenvalue weighted by atomic mass is 9.70. The number of aliphatic hydroxyl groups is 1. The van der Waals surface area contributed by atoms with E-state index in [0.29, 0.717) is 19.4 Å². The van der Waals surface area contributed by atoms with E-state index in [1.165, 1.54) is 0 Å². The summed E-state index contributed by atoms with van der Waals surface area (Å²) in [5.74, 6) is -0.0118. The number of halogens is 3. The third kappa shape index (κ3) is 4.18. The van der Waals surface area contributed by atoms with E-state index in [4.69, 9.17) is 4.74 Å². The molecule has 8 nitrogen and oxygen atoms in total. The highest BCUT2D eigenvalue weighted by Crippen LogP contribution is 2.55. The molecular weight excluding hydrogens is 453 g/mol. The van der Waals surface area contributed by atoms with Crippen molar-refractivity contribution >= 4 is 17.8 Å². The first-order chi connectivity index (χ1) is 15.6. The molecule has 0 aromatic carbocycles. The summed E-state index contributed by atoms with van der Waals surface area (Å²) in [5.41, 5.74) is -3.96. The number of anilines is 1. The van der Waals surface area contributed by atoms with E-state index in [-0.39, 0.29) is 37.3 Å². The van der Waals surface area contributed by atoms with Gasteiger partial charge in [-0.25, -0.2) is 9.78 Å². The van der Waals surface area contributed by atoms with E-state index >= 15 is 0 Å². The van der Waals surface area contributed by atoms with E-state index in [9.17, 15) is 27.9 Å². The van der Waals surface area contributed by atoms with Crippen LogP contribution in [-0.2, 0) is 15.7 Å². The van der Waals surface area contributed by atoms with Crippen LogP contribution < -0.4 is 10.2 Å². The Morgan fingerprint density at radius 1 is 1.29 bits per heavy atom. The lowest BCUT2D eigenvalue weighted by Gasteiger charge is -2.43. The molecule has 2 unspecified atom stereocenters. The van der Waals surface area contributed by atoms with Gasteiger partial charge < -0.3 is 25.0 Å². The highest BCUT2D eigenvalue weighted by molar-refractivity contribution is 5.89. The molecule has 1 aromatic rings. The smallest absolute Gasteiger partial charge is 0.416 e. The van der Waals surface area contributed by atoms with Crippen molar-refractivity contribution in [1.29, 1.82) is 0 Å². The number of alkyl halides is 3. The van der Waals surface area contributed by atoms with Gasteiger partial charge >= 0.3 is 12.3 Å². The molecule has 3 aliphatic rings. The largest absolute Gasteiger partial charge is 0.444 e. The van der Waals surface area contributed by atoms with Gasteiger partial charge in [0.1, 0.15) is 11.4 Å². The van der Waals surface area contributed by atoms with Crippen molar-refractivity contribution in [3.05, 3.63) is 23.9 Å². The highest BCUT2D eigenvalue weighted by atomic mass is 19.4. The Hall–Kier alpha value is -2.56. The van der Waals surface area contributed by atoms with Crippen molar-refractivity contribution in [3.8, 4) is 0 Å². The summed E-state index contributed by atoms with van der Waals surface area (Å²) in [7, 11) is 0. The zero-order valence-corrected chi connectivity index (χ0v) is 19.8. The fourth-order valence-electron chi connectivity index (χ4n) is 5.59. The Morgan fingerprint density at radius 3 is 2.65 bits per heavy atom. The highest BCUT2D eigenvalue weighted by Gasteiger charge is 2.68. The fraction of sp³-hybridized carbons (Fsp3) is 0.696. The molecule has 1 spiro atoms. The first-order valence-electron chi connectivity index (χ1n) is 11.5. The lowest BCUT2D eigenvalue weighted by molar-refractivity contribution is -0.140. The van der Waals surface area contributed by atoms with Gasteiger partial charge in [0.2, 0.25) is 5.91 Å². The summed E-state index contributed by atoms with van der Waals surface area (Å²) >= 11 is 0. The van der Waals surface area contributed by atoms with Gasteiger partial charge in [-0.2, -0.15) is 13.2 Å². The van der Waals surface area contributed by atoms with Gasteiger partial charge in [0.15, 0.2) is 0 Å². The molecule has 4 rings (SSSR count). The van der Waals surface area contributed by atoms with E-state index in [1.54, 1.807) is 37.5 Å². The van der Waals surface area contributed by atoms with Crippen LogP contribution in [0.15, 0.2) is 18.3 Å². The van der Waals surface area contributed by atoms with Gasteiger partial charge in [0, 0.05) is 31.9 Å². The Morgan fingerprint density at radius 2 is 2.00 bits per heavy atom. The van der Waals surface area contributed by atoms with Crippen LogP contribution in [-0.4, -0.2) is 69.9 Å². The van der Waals surface area contributed by atoms with Crippen LogP contribution in [0.25, 0.3) is 0 Å². The second-order valence-corrected chi connectivity index (χ2v) is 10.7. The molecule has 0 bridgehead atoms. The molecule has 2 amide bonds. The molecule has 1 saturated carbocycles. The third-order valence-corrected chi connectivity index (χ3v) is 7.30. The predicted molar refractivity (Wildman–Crippen MR) is 117 cm³/mol. The average molecular weight is 485 g/mol. The van der Waals surface area contributed by atoms with Crippen LogP contribution in [0, 0.1) is 5.41 Å². The first kappa shape index (κ1) is 24.6. The van der Waals surface area contributed by atoms with Crippen LogP contribution in [0.5, 0.6) is 0 Å². The zero-order valence-electron chi connectivity index (χ0n) is 19.8. The monoisotopic (exact) mass is 484 g/mol. The van der Waals surface area contributed by atoms with Gasteiger partial charge in [0.25, 0.3) is 0 Å². The molecule has 2 N–H and O–H groups in total. The number of nitrogens with zero attached hydrogens (tertiary/aromatic N) is 3. The maximum Gasteiger partial charge on any atom is 0.416 e. The normalized spacial score (nSPS) is 31.7. The Bertz CT molecular complexity index is 978. The number of amides is 2. The van der Waals surface area contributed by atoms with Crippen molar-refractivity contribution in [2.45, 2.75) is 76.4 Å². The molecule has 3 fully saturated rings. The molecule has 2 aliphatic heterocycles. The van der Waals surface area contributed by atoms with Crippen LogP contribution >= 0.6 is 0 Å². The number of rotatable bonds is 2. The van der Waals surface area contributed by atoms with E-state index < -0.39 is 40.5 Å². The van der Waals surface area contributed by atoms with Crippen molar-refractivity contribution in [2.24, 2.45) is 5.41 Å². The van der Waals surface area contributed by atoms with Crippen molar-refractivity contribution < 1.29 is 32.6 Å². The summed E-state index contributed by atoms with van der Waals surface area (Å²) in [4.78, 5) is 33.2. The lowest BCUT2D eigenvalue weighted by Crippen LogP contribution is -2.58. The van der Waals surface area contributed by atoms with Crippen molar-refractivity contribution in [1.82, 2.24) is 15.2 Å². The maximum atomic E-state index is 13.5. The van der Waals surface area contributed by atoms with E-state index in [0.717, 1.165) is 18.3 Å². The summed E-state index contributed by atoms with van der Waals surface area (Å²) in [6.45, 7) is 7.64. The minimum absolute atomic E-state index is 0.162. The zero-order chi connectivity index (χ0) is 25.1. The van der Waals surface area contributed by atoms with Gasteiger partial charge in [-0.3, -0.25) is 4.79 Å². The summed E-state index contributed by atoms with van der Waals surface area (Å²) in [6, 6.07) is 0.978. The number of carbonyl (C=O) groups is 2. The second kappa shape index (κ2) is 8.00. The number of nitrogens with one attached hydrogen (secondary N) is 1. The Kier molecular flexibility index (Phi) is 5.78. The van der Waals surface area contributed by atoms with E-state index in [1.807, 2.05) is 0 Å². The molecule has 0 radical (unpaired) electrons. The number of piperazine rings is 1. The number of aromatic nitrogens is 1. The fourth-order valence-corrected chi connectivity index (χ4v) is 5.59. The van der Waals surface area contributed by atoms with Crippen LogP contribution in [0.3, 0.4) is 0 Å². The summed E-state index contributed by atoms with van der Waals surface area (Å²) < 4.78 is 44.8. The number of pyridine rings is 1.